The lowest BCUT2D eigenvalue weighted by atomic mass is 10.1. The number of rotatable bonds is 6. The summed E-state index contributed by atoms with van der Waals surface area (Å²) in [6, 6.07) is 9.73. The summed E-state index contributed by atoms with van der Waals surface area (Å²) < 4.78 is 41.2. The summed E-state index contributed by atoms with van der Waals surface area (Å²) in [6.45, 7) is 1.25. The summed E-state index contributed by atoms with van der Waals surface area (Å²) in [4.78, 5) is 12.7. The van der Waals surface area contributed by atoms with Crippen LogP contribution in [0.15, 0.2) is 41.3 Å². The molecule has 0 radical (unpaired) electrons. The van der Waals surface area contributed by atoms with Crippen LogP contribution in [0.25, 0.3) is 10.8 Å². The second-order valence-electron chi connectivity index (χ2n) is 5.59. The number of carboxylic acid groups (broad SMARTS) is 1. The molecule has 0 aromatic heterocycles. The van der Waals surface area contributed by atoms with Crippen LogP contribution >= 0.6 is 0 Å². The quantitative estimate of drug-likeness (QED) is 0.778. The van der Waals surface area contributed by atoms with Gasteiger partial charge in [0.2, 0.25) is 10.0 Å². The Bertz CT molecular complexity index is 883. The number of carbonyl (C=O) groups is 1. The van der Waals surface area contributed by atoms with Gasteiger partial charge in [0.25, 0.3) is 5.79 Å². The first-order valence-electron chi connectivity index (χ1n) is 7.28. The van der Waals surface area contributed by atoms with Gasteiger partial charge in [-0.25, -0.2) is 17.6 Å². The zero-order chi connectivity index (χ0) is 18.1. The van der Waals surface area contributed by atoms with Crippen molar-refractivity contribution in [3.8, 4) is 0 Å². The highest BCUT2D eigenvalue weighted by atomic mass is 32.2. The predicted octanol–water partition coefficient (Wildman–Crippen LogP) is 2.34. The van der Waals surface area contributed by atoms with Crippen LogP contribution in [-0.4, -0.2) is 39.4 Å². The average molecular weight is 354 g/mol. The van der Waals surface area contributed by atoms with Gasteiger partial charge in [-0.3, -0.25) is 0 Å². The van der Waals surface area contributed by atoms with Crippen LogP contribution in [-0.2, 0) is 14.8 Å². The molecule has 0 spiro atoms. The maximum atomic E-state index is 14.3. The fourth-order valence-electron chi connectivity index (χ4n) is 2.42. The minimum atomic E-state index is -4.37. The highest BCUT2D eigenvalue weighted by Crippen LogP contribution is 2.31. The monoisotopic (exact) mass is 354 g/mol. The lowest BCUT2D eigenvalue weighted by molar-refractivity contribution is -0.152. The number of nitrogens with zero attached hydrogens (tertiary/aromatic N) is 1. The third kappa shape index (κ3) is 3.20. The molecule has 0 amide bonds. The van der Waals surface area contributed by atoms with E-state index >= 15 is 0 Å². The van der Waals surface area contributed by atoms with Crippen molar-refractivity contribution >= 4 is 32.5 Å². The van der Waals surface area contributed by atoms with E-state index in [2.05, 4.69) is 0 Å². The number of anilines is 1. The van der Waals surface area contributed by atoms with Crippen LogP contribution in [0.5, 0.6) is 0 Å². The van der Waals surface area contributed by atoms with Gasteiger partial charge in [-0.1, -0.05) is 31.2 Å². The molecular formula is C16H19FN2O4S. The SMILES string of the molecule is CCC(F)(NS(=O)(=O)c1cccc2c(N(C)C)cccc12)C(=O)O. The molecule has 1 unspecified atom stereocenters. The maximum absolute atomic E-state index is 14.3. The Morgan fingerprint density at radius 1 is 1.21 bits per heavy atom. The van der Waals surface area contributed by atoms with Crippen molar-refractivity contribution in [2.75, 3.05) is 19.0 Å². The standard InChI is InChI=1S/C16H19FN2O4S/c1-4-16(17,15(20)21)18-24(22,23)14-10-6-7-11-12(14)8-5-9-13(11)19(2)3/h5-10,18H,4H2,1-3H3,(H,20,21). The van der Waals surface area contributed by atoms with Crippen molar-refractivity contribution < 1.29 is 22.7 Å². The molecule has 0 saturated carbocycles. The molecule has 130 valence electrons. The molecule has 2 aromatic rings. The van der Waals surface area contributed by atoms with Crippen LogP contribution in [0.4, 0.5) is 10.1 Å². The number of aliphatic carboxylic acids is 1. The number of carboxylic acids is 1. The van der Waals surface area contributed by atoms with Gasteiger partial charge >= 0.3 is 5.97 Å². The van der Waals surface area contributed by atoms with Crippen LogP contribution in [0.3, 0.4) is 0 Å². The topological polar surface area (TPSA) is 86.7 Å². The number of sulfonamides is 1. The first-order chi connectivity index (χ1) is 11.1. The number of benzene rings is 2. The molecule has 2 aromatic carbocycles. The molecule has 0 heterocycles. The van der Waals surface area contributed by atoms with E-state index in [1.54, 1.807) is 22.9 Å². The largest absolute Gasteiger partial charge is 0.478 e. The number of hydrogen-bond donors (Lipinski definition) is 2. The number of hydrogen-bond acceptors (Lipinski definition) is 4. The van der Waals surface area contributed by atoms with E-state index in [0.717, 1.165) is 5.69 Å². The Kier molecular flexibility index (Phi) is 4.82. The molecule has 8 heteroatoms. The zero-order valence-corrected chi connectivity index (χ0v) is 14.4. The summed E-state index contributed by atoms with van der Waals surface area (Å²) in [6.07, 6.45) is -0.532. The van der Waals surface area contributed by atoms with Gasteiger partial charge in [0.05, 0.1) is 4.90 Å². The number of alkyl halides is 1. The van der Waals surface area contributed by atoms with Crippen LogP contribution in [0.1, 0.15) is 13.3 Å². The Morgan fingerprint density at radius 2 is 1.79 bits per heavy atom. The lowest BCUT2D eigenvalue weighted by Gasteiger charge is -2.21. The molecule has 0 aliphatic heterocycles. The van der Waals surface area contributed by atoms with Gasteiger partial charge in [0.1, 0.15) is 0 Å². The van der Waals surface area contributed by atoms with E-state index in [0.29, 0.717) is 10.8 Å². The Hall–Kier alpha value is -2.19. The second-order valence-corrected chi connectivity index (χ2v) is 7.24. The summed E-state index contributed by atoms with van der Waals surface area (Å²) in [5, 5.41) is 10.0. The van der Waals surface area contributed by atoms with E-state index in [1.807, 2.05) is 25.1 Å². The van der Waals surface area contributed by atoms with Gasteiger partial charge in [-0.05, 0) is 12.1 Å². The maximum Gasteiger partial charge on any atom is 0.357 e. The van der Waals surface area contributed by atoms with Crippen molar-refractivity contribution in [2.24, 2.45) is 0 Å². The van der Waals surface area contributed by atoms with Crippen molar-refractivity contribution in [3.63, 3.8) is 0 Å². The zero-order valence-electron chi connectivity index (χ0n) is 13.6. The number of nitrogens with one attached hydrogen (secondary N) is 1. The molecule has 6 nitrogen and oxygen atoms in total. The van der Waals surface area contributed by atoms with Crippen LogP contribution in [0.2, 0.25) is 0 Å². The summed E-state index contributed by atoms with van der Waals surface area (Å²) in [5.74, 6) is -4.93. The molecule has 2 N–H and O–H groups in total. The second kappa shape index (κ2) is 6.37. The van der Waals surface area contributed by atoms with Gasteiger partial charge < -0.3 is 10.0 Å². The molecule has 0 saturated heterocycles. The number of fused-ring (bicyclic) bond motifs is 1. The van der Waals surface area contributed by atoms with Crippen molar-refractivity contribution in [2.45, 2.75) is 24.0 Å². The summed E-state index contributed by atoms with van der Waals surface area (Å²) >= 11 is 0. The average Bonchev–Trinajstić information content (AvgIpc) is 2.52. The Labute approximate surface area is 139 Å². The van der Waals surface area contributed by atoms with Crippen LogP contribution in [0, 0.1) is 0 Å². The van der Waals surface area contributed by atoms with Gasteiger partial charge in [-0.15, -0.1) is 0 Å². The van der Waals surface area contributed by atoms with E-state index in [-0.39, 0.29) is 4.90 Å². The molecule has 1 atom stereocenters. The molecule has 0 bridgehead atoms. The van der Waals surface area contributed by atoms with Crippen molar-refractivity contribution in [1.82, 2.24) is 4.72 Å². The van der Waals surface area contributed by atoms with Gasteiger partial charge in [-0.2, -0.15) is 4.72 Å². The fraction of sp³-hybridized carbons (Fsp3) is 0.312. The molecule has 0 aliphatic rings. The minimum Gasteiger partial charge on any atom is -0.478 e. The van der Waals surface area contributed by atoms with E-state index in [4.69, 9.17) is 5.11 Å². The first kappa shape index (κ1) is 18.2. The normalized spacial score (nSPS) is 14.3. The van der Waals surface area contributed by atoms with Gasteiger partial charge in [0.15, 0.2) is 0 Å². The Morgan fingerprint density at radius 3 is 2.33 bits per heavy atom. The van der Waals surface area contributed by atoms with E-state index in [1.165, 1.54) is 19.1 Å². The van der Waals surface area contributed by atoms with Gasteiger partial charge in [0, 0.05) is 37.0 Å². The highest BCUT2D eigenvalue weighted by Gasteiger charge is 2.41. The third-order valence-corrected chi connectivity index (χ3v) is 5.28. The summed E-state index contributed by atoms with van der Waals surface area (Å²) in [5.41, 5.74) is 0.796. The fourth-order valence-corrected chi connectivity index (χ4v) is 3.92. The molecule has 2 rings (SSSR count). The van der Waals surface area contributed by atoms with Crippen molar-refractivity contribution in [1.29, 1.82) is 0 Å². The molecule has 0 fully saturated rings. The minimum absolute atomic E-state index is 0.166. The number of halogens is 1. The Balaban J connectivity index is 2.64. The van der Waals surface area contributed by atoms with Crippen LogP contribution < -0.4 is 9.62 Å². The van der Waals surface area contributed by atoms with E-state index in [9.17, 15) is 17.6 Å². The van der Waals surface area contributed by atoms with Crippen molar-refractivity contribution in [3.05, 3.63) is 36.4 Å². The molecular weight excluding hydrogens is 335 g/mol. The molecule has 0 aliphatic carbocycles. The first-order valence-corrected chi connectivity index (χ1v) is 8.76. The molecule has 24 heavy (non-hydrogen) atoms. The smallest absolute Gasteiger partial charge is 0.357 e. The summed E-state index contributed by atoms with van der Waals surface area (Å²) in [7, 11) is -0.725. The third-order valence-electron chi connectivity index (χ3n) is 3.75. The predicted molar refractivity (Wildman–Crippen MR) is 90.4 cm³/mol. The highest BCUT2D eigenvalue weighted by molar-refractivity contribution is 7.89. The van der Waals surface area contributed by atoms with E-state index < -0.39 is 28.2 Å². The lowest BCUT2D eigenvalue weighted by Crippen LogP contribution is -2.50.